The molecule has 0 atom stereocenters. The molecule has 1 amide bonds. The van der Waals surface area contributed by atoms with Crippen molar-refractivity contribution in [1.82, 2.24) is 10.4 Å². The van der Waals surface area contributed by atoms with Crippen LogP contribution in [0.2, 0.25) is 0 Å². The minimum absolute atomic E-state index is 0.344. The lowest BCUT2D eigenvalue weighted by Gasteiger charge is -2.07. The number of anilines is 1. The number of hydrogen-bond donors (Lipinski definition) is 3. The Balaban J connectivity index is 2.04. The fraction of sp³-hybridized carbons (Fsp3) is 0.143. The summed E-state index contributed by atoms with van der Waals surface area (Å²) in [6, 6.07) is 9.38. The Morgan fingerprint density at radius 2 is 2.15 bits per heavy atom. The van der Waals surface area contributed by atoms with Crippen LogP contribution in [0.1, 0.15) is 21.6 Å². The van der Waals surface area contributed by atoms with E-state index in [2.05, 4.69) is 10.4 Å². The molecule has 6 heteroatoms. The Kier molecular flexibility index (Phi) is 4.60. The Hall–Kier alpha value is -2.05. The number of hydrogen-bond acceptors (Lipinski definition) is 5. The molecule has 1 aromatic heterocycles. The summed E-state index contributed by atoms with van der Waals surface area (Å²) in [5, 5.41) is 0. The number of nitrogens with two attached hydrogens (primary N) is 2. The summed E-state index contributed by atoms with van der Waals surface area (Å²) in [7, 11) is 0. The van der Waals surface area contributed by atoms with Gasteiger partial charge in [0.15, 0.2) is 0 Å². The van der Waals surface area contributed by atoms with Crippen molar-refractivity contribution >= 4 is 23.4 Å². The summed E-state index contributed by atoms with van der Waals surface area (Å²) < 4.78 is 0. The molecule has 0 aliphatic carbocycles. The number of benzene rings is 1. The van der Waals surface area contributed by atoms with Gasteiger partial charge >= 0.3 is 0 Å². The van der Waals surface area contributed by atoms with Gasteiger partial charge in [-0.25, -0.2) is 5.84 Å². The maximum absolute atomic E-state index is 11.3. The van der Waals surface area contributed by atoms with Gasteiger partial charge in [-0.2, -0.15) is 0 Å². The maximum atomic E-state index is 11.3. The van der Waals surface area contributed by atoms with Gasteiger partial charge in [-0.3, -0.25) is 15.2 Å². The van der Waals surface area contributed by atoms with Crippen LogP contribution in [0.25, 0.3) is 0 Å². The third kappa shape index (κ3) is 3.28. The first-order valence-corrected chi connectivity index (χ1v) is 7.04. The molecule has 104 valence electrons. The van der Waals surface area contributed by atoms with Crippen LogP contribution in [0.15, 0.2) is 41.4 Å². The average Bonchev–Trinajstić information content (AvgIpc) is 2.48. The zero-order valence-electron chi connectivity index (χ0n) is 11.1. The van der Waals surface area contributed by atoms with Gasteiger partial charge in [0.25, 0.3) is 5.91 Å². The van der Waals surface area contributed by atoms with Crippen LogP contribution in [0.5, 0.6) is 0 Å². The molecule has 0 saturated heterocycles. The lowest BCUT2D eigenvalue weighted by Crippen LogP contribution is -2.30. The first kappa shape index (κ1) is 14.4. The Labute approximate surface area is 121 Å². The Bertz CT molecular complexity index is 613. The summed E-state index contributed by atoms with van der Waals surface area (Å²) in [6.07, 6.45) is 1.52. The summed E-state index contributed by atoms with van der Waals surface area (Å²) in [4.78, 5) is 16.7. The number of aromatic nitrogens is 1. The van der Waals surface area contributed by atoms with Crippen LogP contribution in [-0.4, -0.2) is 10.9 Å². The first-order chi connectivity index (χ1) is 9.61. The van der Waals surface area contributed by atoms with E-state index in [1.54, 1.807) is 17.8 Å². The van der Waals surface area contributed by atoms with E-state index in [4.69, 9.17) is 11.6 Å². The highest BCUT2D eigenvalue weighted by atomic mass is 32.2. The average molecular weight is 288 g/mol. The van der Waals surface area contributed by atoms with Crippen molar-refractivity contribution in [2.45, 2.75) is 17.6 Å². The number of hydrazine groups is 1. The van der Waals surface area contributed by atoms with E-state index in [1.165, 1.54) is 6.20 Å². The second kappa shape index (κ2) is 6.40. The fourth-order valence-corrected chi connectivity index (χ4v) is 2.65. The molecule has 5 N–H and O–H groups in total. The van der Waals surface area contributed by atoms with Gasteiger partial charge < -0.3 is 5.73 Å². The summed E-state index contributed by atoms with van der Waals surface area (Å²) in [5.41, 5.74) is 11.2. The first-order valence-electron chi connectivity index (χ1n) is 6.05. The summed E-state index contributed by atoms with van der Waals surface area (Å²) >= 11 is 1.67. The van der Waals surface area contributed by atoms with Crippen LogP contribution >= 0.6 is 11.8 Å². The molecule has 1 aromatic carbocycles. The SMILES string of the molecule is Cc1c(N)cccc1SCc1ccc(C(=O)NN)cn1. The topological polar surface area (TPSA) is 94.0 Å². The van der Waals surface area contributed by atoms with Crippen LogP contribution < -0.4 is 17.0 Å². The lowest BCUT2D eigenvalue weighted by molar-refractivity contribution is 0.0953. The Morgan fingerprint density at radius 3 is 2.80 bits per heavy atom. The highest BCUT2D eigenvalue weighted by Gasteiger charge is 2.06. The second-order valence-electron chi connectivity index (χ2n) is 4.27. The van der Waals surface area contributed by atoms with Crippen LogP contribution in [0, 0.1) is 6.92 Å². The van der Waals surface area contributed by atoms with Gasteiger partial charge in [-0.1, -0.05) is 6.07 Å². The van der Waals surface area contributed by atoms with Crippen molar-refractivity contribution in [3.63, 3.8) is 0 Å². The molecule has 20 heavy (non-hydrogen) atoms. The number of thioether (sulfide) groups is 1. The quantitative estimate of drug-likeness (QED) is 0.262. The third-order valence-electron chi connectivity index (χ3n) is 2.92. The molecule has 0 radical (unpaired) electrons. The highest BCUT2D eigenvalue weighted by Crippen LogP contribution is 2.28. The van der Waals surface area contributed by atoms with Gasteiger partial charge in [-0.15, -0.1) is 11.8 Å². The molecule has 0 spiro atoms. The monoisotopic (exact) mass is 288 g/mol. The van der Waals surface area contributed by atoms with E-state index in [0.29, 0.717) is 5.56 Å². The molecule has 5 nitrogen and oxygen atoms in total. The molecule has 2 aromatic rings. The van der Waals surface area contributed by atoms with Gasteiger partial charge in [0.2, 0.25) is 0 Å². The van der Waals surface area contributed by atoms with Crippen molar-refractivity contribution in [2.24, 2.45) is 5.84 Å². The smallest absolute Gasteiger partial charge is 0.266 e. The van der Waals surface area contributed by atoms with E-state index >= 15 is 0 Å². The Morgan fingerprint density at radius 1 is 1.35 bits per heavy atom. The number of carbonyl (C=O) groups excluding carboxylic acids is 1. The summed E-state index contributed by atoms with van der Waals surface area (Å²) in [5.74, 6) is 5.44. The second-order valence-corrected chi connectivity index (χ2v) is 5.29. The zero-order valence-corrected chi connectivity index (χ0v) is 11.9. The van der Waals surface area contributed by atoms with Crippen molar-refractivity contribution in [1.29, 1.82) is 0 Å². The molecule has 0 aliphatic rings. The minimum Gasteiger partial charge on any atom is -0.398 e. The molecule has 0 bridgehead atoms. The number of rotatable bonds is 4. The lowest BCUT2D eigenvalue weighted by atomic mass is 10.2. The van der Waals surface area contributed by atoms with Crippen molar-refractivity contribution < 1.29 is 4.79 Å². The van der Waals surface area contributed by atoms with E-state index < -0.39 is 0 Å². The van der Waals surface area contributed by atoms with E-state index in [1.807, 2.05) is 31.2 Å². The number of nitrogen functional groups attached to an aromatic ring is 2. The predicted octanol–water partition coefficient (Wildman–Crippen LogP) is 1.87. The number of nitrogens with one attached hydrogen (secondary N) is 1. The predicted molar refractivity (Wildman–Crippen MR) is 81.0 cm³/mol. The van der Waals surface area contributed by atoms with Crippen LogP contribution in [0.3, 0.4) is 0 Å². The third-order valence-corrected chi connectivity index (χ3v) is 4.11. The van der Waals surface area contributed by atoms with Gasteiger partial charge in [0, 0.05) is 22.5 Å². The van der Waals surface area contributed by atoms with Crippen molar-refractivity contribution in [2.75, 3.05) is 5.73 Å². The summed E-state index contributed by atoms with van der Waals surface area (Å²) in [6.45, 7) is 2.00. The van der Waals surface area contributed by atoms with Gasteiger partial charge in [0.05, 0.1) is 11.3 Å². The number of nitrogens with zero attached hydrogens (tertiary/aromatic N) is 1. The molecular formula is C14H16N4OS. The maximum Gasteiger partial charge on any atom is 0.266 e. The zero-order chi connectivity index (χ0) is 14.5. The standard InChI is InChI=1S/C14H16N4OS/c1-9-12(15)3-2-4-13(9)20-8-11-6-5-10(7-17-11)14(19)18-16/h2-7H,8,15-16H2,1H3,(H,18,19). The van der Waals surface area contributed by atoms with Crippen LogP contribution in [-0.2, 0) is 5.75 Å². The normalized spacial score (nSPS) is 10.3. The minimum atomic E-state index is -0.344. The van der Waals surface area contributed by atoms with E-state index in [0.717, 1.165) is 27.6 Å². The van der Waals surface area contributed by atoms with E-state index in [-0.39, 0.29) is 5.91 Å². The molecule has 1 heterocycles. The van der Waals surface area contributed by atoms with E-state index in [9.17, 15) is 4.79 Å². The van der Waals surface area contributed by atoms with Gasteiger partial charge in [0.1, 0.15) is 0 Å². The molecule has 0 aliphatic heterocycles. The number of pyridine rings is 1. The highest BCUT2D eigenvalue weighted by molar-refractivity contribution is 7.98. The molecular weight excluding hydrogens is 272 g/mol. The molecule has 0 saturated carbocycles. The largest absolute Gasteiger partial charge is 0.398 e. The van der Waals surface area contributed by atoms with Crippen molar-refractivity contribution in [3.8, 4) is 0 Å². The molecule has 0 fully saturated rings. The fourth-order valence-electron chi connectivity index (χ4n) is 1.67. The van der Waals surface area contributed by atoms with Crippen molar-refractivity contribution in [3.05, 3.63) is 53.3 Å². The van der Waals surface area contributed by atoms with Crippen LogP contribution in [0.4, 0.5) is 5.69 Å². The number of amides is 1. The molecule has 2 rings (SSSR count). The number of carbonyl (C=O) groups is 1. The molecule has 0 unspecified atom stereocenters. The van der Waals surface area contributed by atoms with Gasteiger partial charge in [-0.05, 0) is 36.8 Å².